The number of carbonyl (C=O) groups is 1. The second-order valence-corrected chi connectivity index (χ2v) is 5.58. The molecule has 1 heterocycles. The molecule has 1 saturated heterocycles. The topological polar surface area (TPSA) is 20.3 Å². The first-order valence-corrected chi connectivity index (χ1v) is 7.51. The van der Waals surface area contributed by atoms with Crippen molar-refractivity contribution in [1.29, 1.82) is 0 Å². The van der Waals surface area contributed by atoms with Crippen LogP contribution < -0.4 is 0 Å². The van der Waals surface area contributed by atoms with Crippen LogP contribution in [0.15, 0.2) is 60.7 Å². The fraction of sp³-hybridized carbons (Fsp3) is 0.263. The average molecular weight is 278 g/mol. The zero-order chi connectivity index (χ0) is 14.7. The van der Waals surface area contributed by atoms with Crippen molar-refractivity contribution in [2.75, 3.05) is 6.54 Å². The Balaban J connectivity index is 1.99. The fourth-order valence-corrected chi connectivity index (χ4v) is 3.06. The highest BCUT2D eigenvalue weighted by molar-refractivity contribution is 5.87. The van der Waals surface area contributed by atoms with Gasteiger partial charge in [0.2, 0.25) is 5.91 Å². The first-order valence-electron chi connectivity index (χ1n) is 7.51. The minimum Gasteiger partial charge on any atom is -0.339 e. The third-order valence-corrected chi connectivity index (χ3v) is 4.17. The number of benzene rings is 2. The molecule has 0 aromatic heterocycles. The van der Waals surface area contributed by atoms with E-state index in [1.807, 2.05) is 65.6 Å². The maximum atomic E-state index is 13.0. The highest BCUT2D eigenvalue weighted by atomic mass is 16.2. The zero-order valence-corrected chi connectivity index (χ0v) is 12.1. The zero-order valence-electron chi connectivity index (χ0n) is 12.1. The lowest BCUT2D eigenvalue weighted by Gasteiger charge is -2.27. The number of hydrogen-bond donors (Lipinski definition) is 0. The summed E-state index contributed by atoms with van der Waals surface area (Å²) in [6, 6.07) is 20.2. The van der Waals surface area contributed by atoms with Gasteiger partial charge in [-0.1, -0.05) is 60.7 Å². The van der Waals surface area contributed by atoms with E-state index in [0.717, 1.165) is 30.5 Å². The summed E-state index contributed by atoms with van der Waals surface area (Å²) < 4.78 is 0. The van der Waals surface area contributed by atoms with Crippen LogP contribution in [0.1, 0.15) is 29.9 Å². The van der Waals surface area contributed by atoms with E-state index >= 15 is 0 Å². The molecule has 1 radical (unpaired) electrons. The number of amides is 1. The Morgan fingerprint density at radius 3 is 1.95 bits per heavy atom. The molecule has 0 spiro atoms. The summed E-state index contributed by atoms with van der Waals surface area (Å²) in [5.74, 6) is -0.0559. The molecule has 0 N–H and O–H groups in total. The molecule has 1 atom stereocenters. The lowest BCUT2D eigenvalue weighted by Crippen LogP contribution is -2.37. The summed E-state index contributed by atoms with van der Waals surface area (Å²) in [4.78, 5) is 15.0. The summed E-state index contributed by atoms with van der Waals surface area (Å²) in [5.41, 5.74) is 2.10. The smallest absolute Gasteiger partial charge is 0.234 e. The van der Waals surface area contributed by atoms with Gasteiger partial charge in [-0.25, -0.2) is 0 Å². The second-order valence-electron chi connectivity index (χ2n) is 5.58. The number of likely N-dealkylation sites (tertiary alicyclic amines) is 1. The first-order chi connectivity index (χ1) is 10.3. The van der Waals surface area contributed by atoms with Crippen LogP contribution in [0.2, 0.25) is 0 Å². The van der Waals surface area contributed by atoms with Crippen LogP contribution in [0.25, 0.3) is 0 Å². The molecule has 107 valence electrons. The lowest BCUT2D eigenvalue weighted by atomic mass is 9.90. The summed E-state index contributed by atoms with van der Waals surface area (Å²) in [6.45, 7) is 4.94. The molecule has 1 aliphatic heterocycles. The van der Waals surface area contributed by atoms with Gasteiger partial charge in [-0.05, 0) is 30.9 Å². The molecule has 0 saturated carbocycles. The van der Waals surface area contributed by atoms with Gasteiger partial charge in [-0.3, -0.25) is 4.79 Å². The van der Waals surface area contributed by atoms with E-state index in [9.17, 15) is 4.79 Å². The van der Waals surface area contributed by atoms with Crippen LogP contribution in [0, 0.1) is 6.92 Å². The predicted molar refractivity (Wildman–Crippen MR) is 84.8 cm³/mol. The molecule has 2 nitrogen and oxygen atoms in total. The van der Waals surface area contributed by atoms with Gasteiger partial charge in [0.15, 0.2) is 0 Å². The summed E-state index contributed by atoms with van der Waals surface area (Å²) in [7, 11) is 0. The van der Waals surface area contributed by atoms with Crippen LogP contribution in [0.3, 0.4) is 0 Å². The SMILES string of the molecule is [CH2]C1CCCN1C(=O)C(c1ccccc1)c1ccccc1. The molecule has 0 bridgehead atoms. The molecule has 2 heteroatoms. The third kappa shape index (κ3) is 2.85. The number of hydrogen-bond acceptors (Lipinski definition) is 1. The number of carbonyl (C=O) groups excluding carboxylic acids is 1. The van der Waals surface area contributed by atoms with Crippen molar-refractivity contribution in [3.8, 4) is 0 Å². The summed E-state index contributed by atoms with van der Waals surface area (Å²) >= 11 is 0. The Bertz CT molecular complexity index is 554. The Kier molecular flexibility index (Phi) is 4.05. The van der Waals surface area contributed by atoms with Crippen LogP contribution in [-0.2, 0) is 4.79 Å². The monoisotopic (exact) mass is 278 g/mol. The van der Waals surface area contributed by atoms with Crippen LogP contribution in [0.4, 0.5) is 0 Å². The van der Waals surface area contributed by atoms with E-state index in [4.69, 9.17) is 0 Å². The Labute approximate surface area is 126 Å². The first kappa shape index (κ1) is 13.9. The van der Waals surface area contributed by atoms with Crippen molar-refractivity contribution < 1.29 is 4.79 Å². The highest BCUT2D eigenvalue weighted by Crippen LogP contribution is 2.29. The quantitative estimate of drug-likeness (QED) is 0.839. The van der Waals surface area contributed by atoms with E-state index in [0.29, 0.717) is 0 Å². The number of rotatable bonds is 3. The molecule has 1 aliphatic rings. The molecule has 3 rings (SSSR count). The maximum absolute atomic E-state index is 13.0. The molecule has 21 heavy (non-hydrogen) atoms. The maximum Gasteiger partial charge on any atom is 0.234 e. The highest BCUT2D eigenvalue weighted by Gasteiger charge is 2.32. The van der Waals surface area contributed by atoms with E-state index in [-0.39, 0.29) is 17.9 Å². The van der Waals surface area contributed by atoms with Crippen molar-refractivity contribution in [2.45, 2.75) is 24.8 Å². The summed E-state index contributed by atoms with van der Waals surface area (Å²) in [5, 5.41) is 0. The van der Waals surface area contributed by atoms with Gasteiger partial charge < -0.3 is 4.90 Å². The molecule has 2 aromatic rings. The van der Waals surface area contributed by atoms with Gasteiger partial charge in [0.25, 0.3) is 0 Å². The molecule has 1 fully saturated rings. The van der Waals surface area contributed by atoms with Crippen molar-refractivity contribution in [1.82, 2.24) is 4.90 Å². The normalized spacial score (nSPS) is 18.2. The molecule has 0 aliphatic carbocycles. The van der Waals surface area contributed by atoms with Crippen molar-refractivity contribution in [2.24, 2.45) is 0 Å². The van der Waals surface area contributed by atoms with Crippen LogP contribution in [-0.4, -0.2) is 23.4 Å². The standard InChI is InChI=1S/C19H20NO/c1-15-9-8-14-20(15)19(21)18(16-10-4-2-5-11-16)17-12-6-3-7-13-17/h2-7,10-13,15,18H,1,8-9,14H2. The number of nitrogens with zero attached hydrogens (tertiary/aromatic N) is 1. The summed E-state index contributed by atoms with van der Waals surface area (Å²) in [6.07, 6.45) is 2.05. The van der Waals surface area contributed by atoms with E-state index in [2.05, 4.69) is 6.92 Å². The fourth-order valence-electron chi connectivity index (χ4n) is 3.06. The molecular formula is C19H20NO. The molecule has 1 amide bonds. The minimum atomic E-state index is -0.227. The van der Waals surface area contributed by atoms with E-state index in [1.54, 1.807) is 0 Å². The Hall–Kier alpha value is -2.09. The largest absolute Gasteiger partial charge is 0.339 e. The second kappa shape index (κ2) is 6.13. The van der Waals surface area contributed by atoms with Crippen molar-refractivity contribution >= 4 is 5.91 Å². The predicted octanol–water partition coefficient (Wildman–Crippen LogP) is 3.64. The molecule has 1 unspecified atom stereocenters. The van der Waals surface area contributed by atoms with Gasteiger partial charge in [0.05, 0.1) is 5.92 Å². The Morgan fingerprint density at radius 2 is 1.52 bits per heavy atom. The van der Waals surface area contributed by atoms with Crippen LogP contribution in [0.5, 0.6) is 0 Å². The minimum absolute atomic E-state index is 0.104. The van der Waals surface area contributed by atoms with Crippen molar-refractivity contribution in [3.63, 3.8) is 0 Å². The van der Waals surface area contributed by atoms with Gasteiger partial charge in [-0.2, -0.15) is 0 Å². The van der Waals surface area contributed by atoms with Gasteiger partial charge in [-0.15, -0.1) is 0 Å². The van der Waals surface area contributed by atoms with Crippen LogP contribution >= 0.6 is 0 Å². The van der Waals surface area contributed by atoms with E-state index < -0.39 is 0 Å². The van der Waals surface area contributed by atoms with Gasteiger partial charge in [0.1, 0.15) is 0 Å². The van der Waals surface area contributed by atoms with E-state index in [1.165, 1.54) is 0 Å². The third-order valence-electron chi connectivity index (χ3n) is 4.17. The van der Waals surface area contributed by atoms with Crippen molar-refractivity contribution in [3.05, 3.63) is 78.7 Å². The van der Waals surface area contributed by atoms with Gasteiger partial charge in [0, 0.05) is 12.6 Å². The Morgan fingerprint density at radius 1 is 1.00 bits per heavy atom. The average Bonchev–Trinajstić information content (AvgIpc) is 2.96. The van der Waals surface area contributed by atoms with Gasteiger partial charge >= 0.3 is 0 Å². The lowest BCUT2D eigenvalue weighted by molar-refractivity contribution is -0.132. The molecule has 2 aromatic carbocycles. The molecular weight excluding hydrogens is 258 g/mol.